The Hall–Kier alpha value is -0.130. The fourth-order valence-corrected chi connectivity index (χ4v) is 2.78. The van der Waals surface area contributed by atoms with Crippen molar-refractivity contribution in [2.24, 2.45) is 11.3 Å². The summed E-state index contributed by atoms with van der Waals surface area (Å²) in [6, 6.07) is 0. The summed E-state index contributed by atoms with van der Waals surface area (Å²) in [7, 11) is -1.38. The topological polar surface area (TPSA) is 58.2 Å². The SMILES string of the molecule is CNCC(C)S(=O)(=O)NCC1CC1(C)C. The third-order valence-electron chi connectivity index (χ3n) is 3.27. The Morgan fingerprint density at radius 3 is 2.40 bits per heavy atom. The van der Waals surface area contributed by atoms with Crippen LogP contribution in [0.2, 0.25) is 0 Å². The normalized spacial score (nSPS) is 26.3. The fraction of sp³-hybridized carbons (Fsp3) is 1.00. The first-order valence-corrected chi connectivity index (χ1v) is 6.97. The number of nitrogens with one attached hydrogen (secondary N) is 2. The molecular formula is C10H22N2O2S. The van der Waals surface area contributed by atoms with Crippen LogP contribution in [-0.2, 0) is 10.0 Å². The van der Waals surface area contributed by atoms with Gasteiger partial charge in [-0.2, -0.15) is 0 Å². The largest absolute Gasteiger partial charge is 0.318 e. The molecule has 0 aromatic carbocycles. The molecule has 1 aliphatic carbocycles. The van der Waals surface area contributed by atoms with Crippen LogP contribution >= 0.6 is 0 Å². The van der Waals surface area contributed by atoms with Crippen molar-refractivity contribution < 1.29 is 8.42 Å². The van der Waals surface area contributed by atoms with E-state index >= 15 is 0 Å². The first kappa shape index (κ1) is 12.9. The molecule has 2 atom stereocenters. The van der Waals surface area contributed by atoms with Gasteiger partial charge in [0, 0.05) is 13.1 Å². The van der Waals surface area contributed by atoms with Crippen molar-refractivity contribution in [3.8, 4) is 0 Å². The van der Waals surface area contributed by atoms with Crippen LogP contribution in [0.4, 0.5) is 0 Å². The molecular weight excluding hydrogens is 212 g/mol. The zero-order valence-corrected chi connectivity index (χ0v) is 10.8. The van der Waals surface area contributed by atoms with E-state index in [9.17, 15) is 8.42 Å². The summed E-state index contributed by atoms with van der Waals surface area (Å²) in [5, 5.41) is 2.50. The summed E-state index contributed by atoms with van der Waals surface area (Å²) >= 11 is 0. The molecule has 15 heavy (non-hydrogen) atoms. The average Bonchev–Trinajstić information content (AvgIpc) is 2.71. The Labute approximate surface area is 92.9 Å². The molecule has 0 bridgehead atoms. The van der Waals surface area contributed by atoms with Gasteiger partial charge in [0.1, 0.15) is 0 Å². The second kappa shape index (κ2) is 4.39. The van der Waals surface area contributed by atoms with Gasteiger partial charge in [0.15, 0.2) is 0 Å². The number of rotatable bonds is 6. The minimum Gasteiger partial charge on any atom is -0.318 e. The second-order valence-corrected chi connectivity index (χ2v) is 7.33. The third-order valence-corrected chi connectivity index (χ3v) is 5.06. The highest BCUT2D eigenvalue weighted by Gasteiger charge is 2.45. The third kappa shape index (κ3) is 3.43. The van der Waals surface area contributed by atoms with Gasteiger partial charge in [-0.3, -0.25) is 0 Å². The van der Waals surface area contributed by atoms with Crippen LogP contribution in [0.5, 0.6) is 0 Å². The van der Waals surface area contributed by atoms with Crippen molar-refractivity contribution in [2.45, 2.75) is 32.4 Å². The lowest BCUT2D eigenvalue weighted by atomic mass is 10.1. The molecule has 0 aromatic heterocycles. The first-order valence-electron chi connectivity index (χ1n) is 5.42. The number of hydrogen-bond acceptors (Lipinski definition) is 3. The molecule has 1 saturated carbocycles. The molecule has 1 fully saturated rings. The molecule has 1 rings (SSSR count). The van der Waals surface area contributed by atoms with E-state index in [1.807, 2.05) is 0 Å². The molecule has 90 valence electrons. The van der Waals surface area contributed by atoms with Crippen molar-refractivity contribution in [3.05, 3.63) is 0 Å². The molecule has 1 aliphatic rings. The van der Waals surface area contributed by atoms with Gasteiger partial charge < -0.3 is 5.32 Å². The van der Waals surface area contributed by atoms with Gasteiger partial charge in [-0.05, 0) is 31.7 Å². The smallest absolute Gasteiger partial charge is 0.215 e. The van der Waals surface area contributed by atoms with Crippen LogP contribution in [0.15, 0.2) is 0 Å². The maximum Gasteiger partial charge on any atom is 0.215 e. The van der Waals surface area contributed by atoms with Crippen molar-refractivity contribution in [1.82, 2.24) is 10.0 Å². The molecule has 0 amide bonds. The zero-order chi connectivity index (χ0) is 11.7. The Bertz CT molecular complexity index is 311. The van der Waals surface area contributed by atoms with Gasteiger partial charge in [0.05, 0.1) is 5.25 Å². The molecule has 0 aromatic rings. The molecule has 2 unspecified atom stereocenters. The monoisotopic (exact) mass is 234 g/mol. The lowest BCUT2D eigenvalue weighted by Gasteiger charge is -2.13. The second-order valence-electron chi connectivity index (χ2n) is 5.15. The van der Waals surface area contributed by atoms with Gasteiger partial charge in [-0.1, -0.05) is 13.8 Å². The Morgan fingerprint density at radius 1 is 1.47 bits per heavy atom. The summed E-state index contributed by atoms with van der Waals surface area (Å²) < 4.78 is 26.1. The summed E-state index contributed by atoms with van der Waals surface area (Å²) in [5.41, 5.74) is 0.328. The minimum absolute atomic E-state index is 0.328. The predicted octanol–water partition coefficient (Wildman–Crippen LogP) is 0.560. The quantitative estimate of drug-likeness (QED) is 0.706. The molecule has 4 nitrogen and oxygen atoms in total. The summed E-state index contributed by atoms with van der Waals surface area (Å²) in [6.07, 6.45) is 1.12. The zero-order valence-electron chi connectivity index (χ0n) is 10.0. The van der Waals surface area contributed by atoms with Gasteiger partial charge in [0.2, 0.25) is 10.0 Å². The van der Waals surface area contributed by atoms with E-state index in [1.54, 1.807) is 14.0 Å². The van der Waals surface area contributed by atoms with Crippen LogP contribution in [0.1, 0.15) is 27.2 Å². The first-order chi connectivity index (χ1) is 6.79. The van der Waals surface area contributed by atoms with Crippen LogP contribution in [0.25, 0.3) is 0 Å². The number of hydrogen-bond donors (Lipinski definition) is 2. The Balaban J connectivity index is 2.37. The van der Waals surface area contributed by atoms with Gasteiger partial charge in [-0.25, -0.2) is 13.1 Å². The van der Waals surface area contributed by atoms with E-state index in [4.69, 9.17) is 0 Å². The van der Waals surface area contributed by atoms with Crippen LogP contribution in [0, 0.1) is 11.3 Å². The maximum atomic E-state index is 11.7. The number of sulfonamides is 1. The van der Waals surface area contributed by atoms with Gasteiger partial charge in [-0.15, -0.1) is 0 Å². The molecule has 0 spiro atoms. The van der Waals surface area contributed by atoms with Crippen LogP contribution in [-0.4, -0.2) is 33.8 Å². The predicted molar refractivity (Wildman–Crippen MR) is 62.2 cm³/mol. The van der Waals surface area contributed by atoms with E-state index in [0.29, 0.717) is 24.4 Å². The van der Waals surface area contributed by atoms with E-state index in [2.05, 4.69) is 23.9 Å². The lowest BCUT2D eigenvalue weighted by molar-refractivity contribution is 0.530. The Kier molecular flexibility index (Phi) is 3.79. The molecule has 0 saturated heterocycles. The van der Waals surface area contributed by atoms with E-state index in [0.717, 1.165) is 6.42 Å². The fourth-order valence-electron chi connectivity index (χ4n) is 1.68. The van der Waals surface area contributed by atoms with Crippen molar-refractivity contribution >= 4 is 10.0 Å². The standard InChI is InChI=1S/C10H22N2O2S/c1-8(6-11-4)15(13,14)12-7-9-5-10(9,2)3/h8-9,11-12H,5-7H2,1-4H3. The average molecular weight is 234 g/mol. The Morgan fingerprint density at radius 2 is 2.00 bits per heavy atom. The van der Waals surface area contributed by atoms with Crippen molar-refractivity contribution in [3.63, 3.8) is 0 Å². The molecule has 0 aliphatic heterocycles. The highest BCUT2D eigenvalue weighted by molar-refractivity contribution is 7.90. The minimum atomic E-state index is -3.14. The van der Waals surface area contributed by atoms with Crippen LogP contribution < -0.4 is 10.0 Å². The van der Waals surface area contributed by atoms with Gasteiger partial charge in [0.25, 0.3) is 0 Å². The van der Waals surface area contributed by atoms with Crippen molar-refractivity contribution in [1.29, 1.82) is 0 Å². The van der Waals surface area contributed by atoms with Crippen LogP contribution in [0.3, 0.4) is 0 Å². The van der Waals surface area contributed by atoms with E-state index in [-0.39, 0.29) is 5.25 Å². The van der Waals surface area contributed by atoms with Crippen molar-refractivity contribution in [2.75, 3.05) is 20.1 Å². The summed E-state index contributed by atoms with van der Waals surface area (Å²) in [4.78, 5) is 0. The molecule has 5 heteroatoms. The summed E-state index contributed by atoms with van der Waals surface area (Å²) in [6.45, 7) is 7.13. The van der Waals surface area contributed by atoms with E-state index < -0.39 is 10.0 Å². The molecule has 2 N–H and O–H groups in total. The van der Waals surface area contributed by atoms with Gasteiger partial charge >= 0.3 is 0 Å². The highest BCUT2D eigenvalue weighted by Crippen LogP contribution is 2.51. The van der Waals surface area contributed by atoms with E-state index in [1.165, 1.54) is 0 Å². The molecule has 0 heterocycles. The summed E-state index contributed by atoms with van der Waals surface area (Å²) in [5.74, 6) is 0.508. The lowest BCUT2D eigenvalue weighted by Crippen LogP contribution is -2.39. The maximum absolute atomic E-state index is 11.7. The highest BCUT2D eigenvalue weighted by atomic mass is 32.2. The molecule has 0 radical (unpaired) electrons.